The van der Waals surface area contributed by atoms with Crippen LogP contribution in [0.4, 0.5) is 0 Å². The van der Waals surface area contributed by atoms with Gasteiger partial charge in [-0.25, -0.2) is 0 Å². The Labute approximate surface area is 324 Å². The van der Waals surface area contributed by atoms with Gasteiger partial charge in [0.05, 0.1) is 18.8 Å². The number of allylic oxidation sites excluding steroid dienone is 10. The van der Waals surface area contributed by atoms with Gasteiger partial charge in [0.2, 0.25) is 5.91 Å². The number of aliphatic hydroxyl groups is 2. The number of aliphatic hydroxyl groups excluding tert-OH is 2. The molecule has 52 heavy (non-hydrogen) atoms. The predicted molar refractivity (Wildman–Crippen MR) is 230 cm³/mol. The smallest absolute Gasteiger partial charge is 0.220 e. The number of hydrogen-bond donors (Lipinski definition) is 3. The molecule has 0 aromatic carbocycles. The van der Waals surface area contributed by atoms with E-state index in [0.29, 0.717) is 12.8 Å². The van der Waals surface area contributed by atoms with Crippen molar-refractivity contribution in [3.05, 3.63) is 60.8 Å². The summed E-state index contributed by atoms with van der Waals surface area (Å²) in [7, 11) is 0. The molecule has 0 rings (SSSR count). The maximum atomic E-state index is 12.4. The van der Waals surface area contributed by atoms with E-state index in [2.05, 4.69) is 79.9 Å². The maximum absolute atomic E-state index is 12.4. The summed E-state index contributed by atoms with van der Waals surface area (Å²) >= 11 is 0. The van der Waals surface area contributed by atoms with Crippen molar-refractivity contribution in [3.8, 4) is 0 Å². The first-order chi connectivity index (χ1) is 25.7. The van der Waals surface area contributed by atoms with E-state index >= 15 is 0 Å². The topological polar surface area (TPSA) is 69.6 Å². The Hall–Kier alpha value is -1.91. The molecule has 0 saturated carbocycles. The lowest BCUT2D eigenvalue weighted by Crippen LogP contribution is -2.45. The second kappa shape index (κ2) is 43.5. The summed E-state index contributed by atoms with van der Waals surface area (Å²) in [5, 5.41) is 23.2. The van der Waals surface area contributed by atoms with E-state index in [4.69, 9.17) is 0 Å². The van der Waals surface area contributed by atoms with Crippen LogP contribution in [0.2, 0.25) is 0 Å². The lowest BCUT2D eigenvalue weighted by molar-refractivity contribution is -0.123. The zero-order valence-electron chi connectivity index (χ0n) is 34.6. The average molecular weight is 726 g/mol. The molecule has 0 aliphatic rings. The van der Waals surface area contributed by atoms with E-state index in [1.807, 2.05) is 0 Å². The Kier molecular flexibility index (Phi) is 41.9. The minimum Gasteiger partial charge on any atom is -0.394 e. The van der Waals surface area contributed by atoms with Crippen molar-refractivity contribution < 1.29 is 15.0 Å². The number of carbonyl (C=O) groups excluding carboxylic acids is 1. The molecule has 0 aliphatic heterocycles. The van der Waals surface area contributed by atoms with Gasteiger partial charge in [-0.05, 0) is 57.8 Å². The summed E-state index contributed by atoms with van der Waals surface area (Å²) in [6.07, 6.45) is 60.1. The van der Waals surface area contributed by atoms with Crippen molar-refractivity contribution in [2.75, 3.05) is 6.61 Å². The molecular weight excluding hydrogens is 639 g/mol. The summed E-state index contributed by atoms with van der Waals surface area (Å²) in [6.45, 7) is 4.24. The Balaban J connectivity index is 3.59. The molecule has 2 atom stereocenters. The molecule has 0 spiro atoms. The minimum atomic E-state index is -0.671. The van der Waals surface area contributed by atoms with Crippen LogP contribution in [0.3, 0.4) is 0 Å². The first kappa shape index (κ1) is 50.1. The lowest BCUT2D eigenvalue weighted by Gasteiger charge is -2.22. The highest BCUT2D eigenvalue weighted by molar-refractivity contribution is 5.76. The van der Waals surface area contributed by atoms with Crippen LogP contribution in [-0.4, -0.2) is 34.9 Å². The zero-order valence-corrected chi connectivity index (χ0v) is 34.6. The number of hydrogen-bond acceptors (Lipinski definition) is 3. The molecular formula is C48H87NO3. The second-order valence-electron chi connectivity index (χ2n) is 15.1. The van der Waals surface area contributed by atoms with Crippen LogP contribution in [0.25, 0.3) is 0 Å². The van der Waals surface area contributed by atoms with Gasteiger partial charge in [0.25, 0.3) is 0 Å². The van der Waals surface area contributed by atoms with Gasteiger partial charge in [0, 0.05) is 6.42 Å². The fourth-order valence-corrected chi connectivity index (χ4v) is 6.62. The van der Waals surface area contributed by atoms with Gasteiger partial charge in [-0.1, -0.05) is 216 Å². The van der Waals surface area contributed by atoms with Crippen LogP contribution in [0, 0.1) is 0 Å². The van der Waals surface area contributed by atoms with Gasteiger partial charge >= 0.3 is 0 Å². The van der Waals surface area contributed by atoms with Crippen molar-refractivity contribution in [3.63, 3.8) is 0 Å². The molecule has 0 heterocycles. The van der Waals surface area contributed by atoms with Crippen molar-refractivity contribution in [2.45, 2.75) is 231 Å². The van der Waals surface area contributed by atoms with Gasteiger partial charge in [-0.15, -0.1) is 0 Å². The van der Waals surface area contributed by atoms with E-state index in [-0.39, 0.29) is 12.5 Å². The Morgan fingerprint density at radius 3 is 1.27 bits per heavy atom. The number of carbonyl (C=O) groups is 1. The normalized spacial score (nSPS) is 13.5. The molecule has 302 valence electrons. The first-order valence-electron chi connectivity index (χ1n) is 22.5. The largest absolute Gasteiger partial charge is 0.394 e. The monoisotopic (exact) mass is 726 g/mol. The van der Waals surface area contributed by atoms with Gasteiger partial charge < -0.3 is 15.5 Å². The number of unbranched alkanes of at least 4 members (excludes halogenated alkanes) is 23. The first-order valence-corrected chi connectivity index (χ1v) is 22.5. The molecule has 0 aromatic rings. The molecule has 2 unspecified atom stereocenters. The summed E-state index contributed by atoms with van der Waals surface area (Å²) in [5.74, 6) is -0.0509. The number of nitrogens with one attached hydrogen (secondary N) is 1. The molecule has 0 aliphatic carbocycles. The van der Waals surface area contributed by atoms with E-state index in [0.717, 1.165) is 70.6 Å². The fraction of sp³-hybridized carbons (Fsp3) is 0.771. The van der Waals surface area contributed by atoms with Crippen LogP contribution in [-0.2, 0) is 4.79 Å². The zero-order chi connectivity index (χ0) is 37.8. The van der Waals surface area contributed by atoms with E-state index in [1.54, 1.807) is 0 Å². The predicted octanol–water partition coefficient (Wildman–Crippen LogP) is 14.1. The minimum absolute atomic E-state index is 0.0509. The lowest BCUT2D eigenvalue weighted by atomic mass is 10.0. The maximum Gasteiger partial charge on any atom is 0.220 e. The quantitative estimate of drug-likeness (QED) is 0.0435. The Morgan fingerprint density at radius 2 is 0.846 bits per heavy atom. The van der Waals surface area contributed by atoms with Gasteiger partial charge in [-0.2, -0.15) is 0 Å². The van der Waals surface area contributed by atoms with Crippen LogP contribution in [0.15, 0.2) is 60.8 Å². The second-order valence-corrected chi connectivity index (χ2v) is 15.1. The summed E-state index contributed by atoms with van der Waals surface area (Å²) in [5.41, 5.74) is 0. The standard InChI is InChI=1S/C48H87NO3/c1-3-5-7-9-11-13-15-17-19-21-23-24-26-28-30-32-34-36-38-40-42-44-48(52)49-46(45-50)47(51)43-41-39-37-35-33-31-29-27-25-22-20-18-16-14-12-10-8-6-4-2/h5,7,11,13,17,19,23-24,28,30,46-47,50-51H,3-4,6,8-10,12,14-16,18,20-22,25-27,29,31-45H2,1-2H3,(H,49,52)/b7-5-,13-11-,19-17-,24-23-,30-28-. The SMILES string of the molecule is CC/C=C\C/C=C\C/C=C\C/C=C\C/C=C\CCCCCCCC(=O)NC(CO)C(O)CCCCCCCCCCCCCCCCCCCCC. The summed E-state index contributed by atoms with van der Waals surface area (Å²) < 4.78 is 0. The van der Waals surface area contributed by atoms with E-state index in [1.165, 1.54) is 122 Å². The summed E-state index contributed by atoms with van der Waals surface area (Å²) in [6, 6.07) is -0.550. The fourth-order valence-electron chi connectivity index (χ4n) is 6.62. The van der Waals surface area contributed by atoms with E-state index in [9.17, 15) is 15.0 Å². The van der Waals surface area contributed by atoms with Crippen LogP contribution in [0.1, 0.15) is 219 Å². The van der Waals surface area contributed by atoms with E-state index < -0.39 is 12.1 Å². The number of amides is 1. The third-order valence-electron chi connectivity index (χ3n) is 10.0. The van der Waals surface area contributed by atoms with Crippen molar-refractivity contribution in [1.29, 1.82) is 0 Å². The van der Waals surface area contributed by atoms with Crippen molar-refractivity contribution >= 4 is 5.91 Å². The third-order valence-corrected chi connectivity index (χ3v) is 10.0. The summed E-state index contributed by atoms with van der Waals surface area (Å²) in [4.78, 5) is 12.4. The molecule has 0 bridgehead atoms. The third kappa shape index (κ3) is 39.3. The molecule has 0 saturated heterocycles. The highest BCUT2D eigenvalue weighted by Crippen LogP contribution is 2.16. The van der Waals surface area contributed by atoms with Crippen LogP contribution in [0.5, 0.6) is 0 Å². The average Bonchev–Trinajstić information content (AvgIpc) is 3.15. The molecule has 4 nitrogen and oxygen atoms in total. The highest BCUT2D eigenvalue weighted by atomic mass is 16.3. The Bertz CT molecular complexity index is 873. The van der Waals surface area contributed by atoms with Gasteiger partial charge in [-0.3, -0.25) is 4.79 Å². The van der Waals surface area contributed by atoms with Crippen molar-refractivity contribution in [1.82, 2.24) is 5.32 Å². The molecule has 3 N–H and O–H groups in total. The molecule has 0 radical (unpaired) electrons. The molecule has 0 aromatic heterocycles. The molecule has 4 heteroatoms. The van der Waals surface area contributed by atoms with Crippen LogP contribution >= 0.6 is 0 Å². The number of rotatable bonds is 40. The molecule has 0 fully saturated rings. The van der Waals surface area contributed by atoms with Crippen LogP contribution < -0.4 is 5.32 Å². The van der Waals surface area contributed by atoms with Crippen molar-refractivity contribution in [2.24, 2.45) is 0 Å². The Morgan fingerprint density at radius 1 is 0.481 bits per heavy atom. The van der Waals surface area contributed by atoms with Gasteiger partial charge in [0.15, 0.2) is 0 Å². The van der Waals surface area contributed by atoms with Gasteiger partial charge in [0.1, 0.15) is 0 Å². The molecule has 1 amide bonds. The highest BCUT2D eigenvalue weighted by Gasteiger charge is 2.19.